The van der Waals surface area contributed by atoms with Crippen LogP contribution in [0.2, 0.25) is 0 Å². The van der Waals surface area contributed by atoms with Gasteiger partial charge in [-0.25, -0.2) is 4.39 Å². The van der Waals surface area contributed by atoms with Gasteiger partial charge in [-0.3, -0.25) is 4.79 Å². The fourth-order valence-corrected chi connectivity index (χ4v) is 2.68. The summed E-state index contributed by atoms with van der Waals surface area (Å²) < 4.78 is 13.5. The van der Waals surface area contributed by atoms with Crippen LogP contribution in [0.4, 0.5) is 4.39 Å². The topological polar surface area (TPSA) is 32.3 Å². The minimum absolute atomic E-state index is 0. The zero-order valence-corrected chi connectivity index (χ0v) is 13.2. The van der Waals surface area contributed by atoms with Crippen LogP contribution in [0.15, 0.2) is 22.7 Å². The lowest BCUT2D eigenvalue weighted by Crippen LogP contribution is -2.57. The average Bonchev–Trinajstić information content (AvgIpc) is 2.32. The second-order valence-electron chi connectivity index (χ2n) is 4.61. The van der Waals surface area contributed by atoms with Crippen LogP contribution in [0.1, 0.15) is 24.2 Å². The highest BCUT2D eigenvalue weighted by Gasteiger charge is 2.29. The fourth-order valence-electron chi connectivity index (χ4n) is 2.16. The molecule has 1 aromatic rings. The highest BCUT2D eigenvalue weighted by molar-refractivity contribution is 9.10. The molecule has 3 nitrogen and oxygen atoms in total. The fraction of sp³-hybridized carbons (Fsp3) is 0.462. The third-order valence-corrected chi connectivity index (χ3v) is 4.11. The predicted octanol–water partition coefficient (Wildman–Crippen LogP) is 2.83. The first-order valence-electron chi connectivity index (χ1n) is 6.00. The van der Waals surface area contributed by atoms with Crippen molar-refractivity contribution < 1.29 is 9.18 Å². The second kappa shape index (κ2) is 6.68. The van der Waals surface area contributed by atoms with Gasteiger partial charge in [0.25, 0.3) is 5.91 Å². The van der Waals surface area contributed by atoms with E-state index in [1.807, 2.05) is 11.8 Å². The summed E-state index contributed by atoms with van der Waals surface area (Å²) in [4.78, 5) is 14.3. The van der Waals surface area contributed by atoms with Gasteiger partial charge in [0, 0.05) is 29.6 Å². The highest BCUT2D eigenvalue weighted by Crippen LogP contribution is 2.22. The Bertz CT molecular complexity index is 472. The first-order chi connectivity index (χ1) is 8.50. The van der Waals surface area contributed by atoms with Crippen molar-refractivity contribution in [3.63, 3.8) is 0 Å². The number of piperazine rings is 1. The van der Waals surface area contributed by atoms with Gasteiger partial charge in [0.15, 0.2) is 0 Å². The maximum Gasteiger partial charge on any atom is 0.255 e. The Hall–Kier alpha value is -0.650. The van der Waals surface area contributed by atoms with Crippen LogP contribution in [0, 0.1) is 5.82 Å². The number of hydrogen-bond donors (Lipinski definition) is 1. The molecule has 1 amide bonds. The molecule has 1 saturated heterocycles. The van der Waals surface area contributed by atoms with Gasteiger partial charge in [-0.1, -0.05) is 0 Å². The van der Waals surface area contributed by atoms with E-state index >= 15 is 0 Å². The van der Waals surface area contributed by atoms with Crippen LogP contribution in [-0.2, 0) is 0 Å². The number of carbonyl (C=O) groups is 1. The molecule has 1 N–H and O–H groups in total. The van der Waals surface area contributed by atoms with Crippen LogP contribution in [0.5, 0.6) is 0 Å². The molecule has 0 saturated carbocycles. The number of benzene rings is 1. The van der Waals surface area contributed by atoms with Crippen molar-refractivity contribution in [1.29, 1.82) is 0 Å². The monoisotopic (exact) mass is 350 g/mol. The summed E-state index contributed by atoms with van der Waals surface area (Å²) in [7, 11) is 0. The number of amides is 1. The zero-order chi connectivity index (χ0) is 13.3. The van der Waals surface area contributed by atoms with Crippen molar-refractivity contribution >= 4 is 34.2 Å². The summed E-state index contributed by atoms with van der Waals surface area (Å²) in [6, 6.07) is 4.56. The predicted molar refractivity (Wildman–Crippen MR) is 79.3 cm³/mol. The molecule has 19 heavy (non-hydrogen) atoms. The third kappa shape index (κ3) is 3.46. The summed E-state index contributed by atoms with van der Waals surface area (Å²) in [6.07, 6.45) is 0. The Morgan fingerprint density at radius 3 is 2.79 bits per heavy atom. The summed E-state index contributed by atoms with van der Waals surface area (Å²) in [5.74, 6) is -0.400. The van der Waals surface area contributed by atoms with Crippen molar-refractivity contribution in [2.45, 2.75) is 25.9 Å². The van der Waals surface area contributed by atoms with Crippen LogP contribution in [-0.4, -0.2) is 36.0 Å². The van der Waals surface area contributed by atoms with Crippen molar-refractivity contribution in [3.8, 4) is 0 Å². The molecular formula is C13H17BrClFN2O. The van der Waals surface area contributed by atoms with Crippen LogP contribution >= 0.6 is 28.3 Å². The lowest BCUT2D eigenvalue weighted by atomic mass is 10.1. The summed E-state index contributed by atoms with van der Waals surface area (Å²) in [5.41, 5.74) is 0.511. The minimum atomic E-state index is -0.347. The van der Waals surface area contributed by atoms with E-state index in [4.69, 9.17) is 0 Å². The largest absolute Gasteiger partial charge is 0.333 e. The molecule has 0 radical (unpaired) electrons. The van der Waals surface area contributed by atoms with E-state index in [0.717, 1.165) is 6.54 Å². The SMILES string of the molecule is CC1NCCN(C(=O)c2ccc(F)cc2Br)C1C.Cl. The van der Waals surface area contributed by atoms with Crippen molar-refractivity contribution in [2.75, 3.05) is 13.1 Å². The zero-order valence-electron chi connectivity index (χ0n) is 10.8. The van der Waals surface area contributed by atoms with E-state index in [2.05, 4.69) is 28.2 Å². The van der Waals surface area contributed by atoms with Crippen molar-refractivity contribution in [3.05, 3.63) is 34.1 Å². The lowest BCUT2D eigenvalue weighted by molar-refractivity contribution is 0.0602. The van der Waals surface area contributed by atoms with E-state index in [-0.39, 0.29) is 36.2 Å². The molecule has 1 heterocycles. The van der Waals surface area contributed by atoms with E-state index in [9.17, 15) is 9.18 Å². The second-order valence-corrected chi connectivity index (χ2v) is 5.46. The molecule has 2 atom stereocenters. The Kier molecular flexibility index (Phi) is 5.77. The van der Waals surface area contributed by atoms with Gasteiger partial charge in [0.1, 0.15) is 5.82 Å². The van der Waals surface area contributed by atoms with Crippen LogP contribution < -0.4 is 5.32 Å². The number of nitrogens with one attached hydrogen (secondary N) is 1. The van der Waals surface area contributed by atoms with Gasteiger partial charge in [0.2, 0.25) is 0 Å². The standard InChI is InChI=1S/C13H16BrFN2O.ClH/c1-8-9(2)17(6-5-16-8)13(18)11-4-3-10(15)7-12(11)14;/h3-4,7-9,16H,5-6H2,1-2H3;1H. The van der Waals surface area contributed by atoms with Gasteiger partial charge >= 0.3 is 0 Å². The Balaban J connectivity index is 0.00000180. The molecular weight excluding hydrogens is 335 g/mol. The van der Waals surface area contributed by atoms with Gasteiger partial charge in [-0.2, -0.15) is 0 Å². The Labute approximate surface area is 127 Å². The number of rotatable bonds is 1. The van der Waals surface area contributed by atoms with Gasteiger partial charge in [-0.15, -0.1) is 12.4 Å². The summed E-state index contributed by atoms with van der Waals surface area (Å²) in [6.45, 7) is 5.54. The number of halogens is 3. The molecule has 1 fully saturated rings. The van der Waals surface area contributed by atoms with E-state index in [1.54, 1.807) is 0 Å². The van der Waals surface area contributed by atoms with Crippen LogP contribution in [0.25, 0.3) is 0 Å². The first kappa shape index (κ1) is 16.4. The lowest BCUT2D eigenvalue weighted by Gasteiger charge is -2.38. The van der Waals surface area contributed by atoms with Crippen molar-refractivity contribution in [1.82, 2.24) is 10.2 Å². The smallest absolute Gasteiger partial charge is 0.255 e. The van der Waals surface area contributed by atoms with Crippen LogP contribution in [0.3, 0.4) is 0 Å². The molecule has 0 aliphatic carbocycles. The molecule has 6 heteroatoms. The summed E-state index contributed by atoms with van der Waals surface area (Å²) >= 11 is 3.25. The quantitative estimate of drug-likeness (QED) is 0.844. The minimum Gasteiger partial charge on any atom is -0.333 e. The highest BCUT2D eigenvalue weighted by atomic mass is 79.9. The molecule has 2 unspecified atom stereocenters. The Morgan fingerprint density at radius 1 is 1.47 bits per heavy atom. The average molecular weight is 352 g/mol. The molecule has 1 aromatic carbocycles. The van der Waals surface area contributed by atoms with Gasteiger partial charge in [0.05, 0.1) is 5.56 Å². The molecule has 106 valence electrons. The van der Waals surface area contributed by atoms with Gasteiger partial charge in [-0.05, 0) is 48.0 Å². The maximum atomic E-state index is 13.0. The molecule has 0 aromatic heterocycles. The van der Waals surface area contributed by atoms with E-state index in [1.165, 1.54) is 18.2 Å². The maximum absolute atomic E-state index is 13.0. The molecule has 0 spiro atoms. The van der Waals surface area contributed by atoms with E-state index < -0.39 is 0 Å². The van der Waals surface area contributed by atoms with Crippen molar-refractivity contribution in [2.24, 2.45) is 0 Å². The van der Waals surface area contributed by atoms with E-state index in [0.29, 0.717) is 16.6 Å². The first-order valence-corrected chi connectivity index (χ1v) is 6.79. The van der Waals surface area contributed by atoms with Gasteiger partial charge < -0.3 is 10.2 Å². The number of hydrogen-bond acceptors (Lipinski definition) is 2. The molecule has 1 aliphatic rings. The molecule has 0 bridgehead atoms. The molecule has 2 rings (SSSR count). The summed E-state index contributed by atoms with van der Waals surface area (Å²) in [5, 5.41) is 3.33. The Morgan fingerprint density at radius 2 is 2.16 bits per heavy atom. The normalized spacial score (nSPS) is 22.8. The third-order valence-electron chi connectivity index (χ3n) is 3.46. The number of carbonyl (C=O) groups excluding carboxylic acids is 1. The molecule has 1 aliphatic heterocycles. The number of nitrogens with zero attached hydrogens (tertiary/aromatic N) is 1.